The van der Waals surface area contributed by atoms with E-state index in [1.54, 1.807) is 0 Å². The van der Waals surface area contributed by atoms with Gasteiger partial charge in [0, 0.05) is 25.0 Å². The topological polar surface area (TPSA) is 46.3 Å². The van der Waals surface area contributed by atoms with E-state index in [1.807, 2.05) is 0 Å². The zero-order valence-electron chi connectivity index (χ0n) is 22.8. The predicted molar refractivity (Wildman–Crippen MR) is 141 cm³/mol. The number of rotatable bonds is 7. The zero-order chi connectivity index (χ0) is 24.0. The van der Waals surface area contributed by atoms with Gasteiger partial charge < -0.3 is 10.6 Å². The Hall–Kier alpha value is -0.570. The second-order valence-electron chi connectivity index (χ2n) is 13.9. The highest BCUT2D eigenvalue weighted by molar-refractivity contribution is 5.76. The van der Waals surface area contributed by atoms with Crippen LogP contribution in [0.5, 0.6) is 0 Å². The fourth-order valence-electron chi connectivity index (χ4n) is 10.6. The van der Waals surface area contributed by atoms with Gasteiger partial charge in [-0.3, -0.25) is 4.79 Å². The fourth-order valence-corrected chi connectivity index (χ4v) is 10.6. The number of nitrogens with two attached hydrogens (primary N) is 1. The molecular weight excluding hydrogens is 416 g/mol. The van der Waals surface area contributed by atoms with Crippen molar-refractivity contribution in [1.82, 2.24) is 4.90 Å². The Kier molecular flexibility index (Phi) is 7.17. The van der Waals surface area contributed by atoms with Crippen LogP contribution in [0.4, 0.5) is 0 Å². The van der Waals surface area contributed by atoms with E-state index >= 15 is 0 Å². The minimum absolute atomic E-state index is 0.0821. The van der Waals surface area contributed by atoms with Crippen molar-refractivity contribution in [2.45, 2.75) is 135 Å². The van der Waals surface area contributed by atoms with Crippen LogP contribution >= 0.6 is 0 Å². The average molecular weight is 471 g/mol. The van der Waals surface area contributed by atoms with Gasteiger partial charge in [-0.05, 0) is 111 Å². The van der Waals surface area contributed by atoms with Crippen molar-refractivity contribution < 1.29 is 4.79 Å². The normalized spacial score (nSPS) is 46.1. The number of hydrogen-bond acceptors (Lipinski definition) is 2. The van der Waals surface area contributed by atoms with Crippen molar-refractivity contribution >= 4 is 5.91 Å². The summed E-state index contributed by atoms with van der Waals surface area (Å²) in [6.07, 6.45) is 22.1. The molecule has 4 aliphatic carbocycles. The molecule has 1 aliphatic heterocycles. The van der Waals surface area contributed by atoms with Crippen molar-refractivity contribution in [2.24, 2.45) is 46.2 Å². The molecule has 3 nitrogen and oxygen atoms in total. The molecule has 0 aromatic heterocycles. The third-order valence-electron chi connectivity index (χ3n) is 12.7. The number of likely N-dealkylation sites (tertiary alicyclic amines) is 1. The summed E-state index contributed by atoms with van der Waals surface area (Å²) >= 11 is 0. The number of nitrogens with zero attached hydrogens (tertiary/aromatic N) is 1. The Bertz CT molecular complexity index is 731. The van der Waals surface area contributed by atoms with E-state index < -0.39 is 0 Å². The van der Waals surface area contributed by atoms with E-state index in [9.17, 15) is 4.79 Å². The molecule has 5 fully saturated rings. The van der Waals surface area contributed by atoms with E-state index in [0.29, 0.717) is 16.7 Å². The lowest BCUT2D eigenvalue weighted by Gasteiger charge is -2.68. The second-order valence-corrected chi connectivity index (χ2v) is 13.9. The molecule has 2 N–H and O–H groups in total. The lowest BCUT2D eigenvalue weighted by atomic mass is 9.39. The van der Waals surface area contributed by atoms with Crippen LogP contribution in [0.3, 0.4) is 0 Å². The van der Waals surface area contributed by atoms with Gasteiger partial charge in [-0.15, -0.1) is 0 Å². The molecule has 1 amide bonds. The molecule has 8 atom stereocenters. The summed E-state index contributed by atoms with van der Waals surface area (Å²) in [5.41, 5.74) is 8.58. The number of carbonyl (C=O) groups excluding carboxylic acids is 1. The number of carbonyl (C=O) groups is 1. The minimum atomic E-state index is 0.0821. The quantitative estimate of drug-likeness (QED) is 0.396. The van der Waals surface area contributed by atoms with Gasteiger partial charge in [-0.2, -0.15) is 0 Å². The molecule has 4 saturated carbocycles. The number of hydrogen-bond donors (Lipinski definition) is 1. The number of fused-ring (bicyclic) bond motifs is 5. The van der Waals surface area contributed by atoms with Crippen molar-refractivity contribution in [2.75, 3.05) is 13.1 Å². The molecule has 0 spiro atoms. The van der Waals surface area contributed by atoms with Gasteiger partial charge in [0.05, 0.1) is 0 Å². The first-order chi connectivity index (χ1) is 16.3. The minimum Gasteiger partial charge on any atom is -0.343 e. The van der Waals surface area contributed by atoms with Gasteiger partial charge in [-0.25, -0.2) is 0 Å². The van der Waals surface area contributed by atoms with Crippen molar-refractivity contribution in [3.05, 3.63) is 0 Å². The van der Waals surface area contributed by atoms with Gasteiger partial charge in [0.2, 0.25) is 5.91 Å². The molecule has 3 heteroatoms. The molecule has 0 aromatic carbocycles. The molecule has 34 heavy (non-hydrogen) atoms. The van der Waals surface area contributed by atoms with Crippen LogP contribution in [0.2, 0.25) is 0 Å². The molecule has 0 aromatic rings. The predicted octanol–water partition coefficient (Wildman–Crippen LogP) is 7.33. The molecule has 0 radical (unpaired) electrons. The van der Waals surface area contributed by atoms with E-state index in [2.05, 4.69) is 25.7 Å². The van der Waals surface area contributed by atoms with Crippen LogP contribution in [0, 0.1) is 40.4 Å². The first kappa shape index (κ1) is 25.1. The second kappa shape index (κ2) is 9.71. The van der Waals surface area contributed by atoms with Crippen LogP contribution in [0.1, 0.15) is 130 Å². The van der Waals surface area contributed by atoms with E-state index in [1.165, 1.54) is 96.3 Å². The number of unbranched alkanes of at least 4 members (excludes halogenated alkanes) is 2. The van der Waals surface area contributed by atoms with Gasteiger partial charge in [0.1, 0.15) is 0 Å². The summed E-state index contributed by atoms with van der Waals surface area (Å²) in [5, 5.41) is 0. The smallest absolute Gasteiger partial charge is 0.222 e. The molecular formula is C31H54N2O. The first-order valence-electron chi connectivity index (χ1n) is 15.4. The maximum absolute atomic E-state index is 12.4. The highest BCUT2D eigenvalue weighted by Gasteiger charge is 2.66. The molecule has 5 aliphatic rings. The molecule has 2 unspecified atom stereocenters. The van der Waals surface area contributed by atoms with Gasteiger partial charge in [0.25, 0.3) is 0 Å². The van der Waals surface area contributed by atoms with Crippen LogP contribution in [-0.4, -0.2) is 29.4 Å². The van der Waals surface area contributed by atoms with Gasteiger partial charge >= 0.3 is 0 Å². The Morgan fingerprint density at radius 1 is 0.882 bits per heavy atom. The molecule has 1 saturated heterocycles. The van der Waals surface area contributed by atoms with E-state index in [4.69, 9.17) is 5.73 Å². The fraction of sp³-hybridized carbons (Fsp3) is 0.968. The Labute approximate surface area is 210 Å². The van der Waals surface area contributed by atoms with Crippen molar-refractivity contribution in [3.63, 3.8) is 0 Å². The summed E-state index contributed by atoms with van der Waals surface area (Å²) in [4.78, 5) is 14.5. The lowest BCUT2D eigenvalue weighted by molar-refractivity contribution is -0.152. The van der Waals surface area contributed by atoms with Crippen LogP contribution < -0.4 is 5.73 Å². The van der Waals surface area contributed by atoms with E-state index in [-0.39, 0.29) is 5.54 Å². The number of amides is 1. The highest BCUT2D eigenvalue weighted by atomic mass is 16.2. The largest absolute Gasteiger partial charge is 0.343 e. The van der Waals surface area contributed by atoms with Crippen molar-refractivity contribution in [3.8, 4) is 0 Å². The summed E-state index contributed by atoms with van der Waals surface area (Å²) in [5.74, 6) is 4.67. The van der Waals surface area contributed by atoms with Crippen LogP contribution in [-0.2, 0) is 4.79 Å². The summed E-state index contributed by atoms with van der Waals surface area (Å²) in [6.45, 7) is 9.76. The van der Waals surface area contributed by atoms with Gasteiger partial charge in [0.15, 0.2) is 0 Å². The summed E-state index contributed by atoms with van der Waals surface area (Å²) in [7, 11) is 0. The van der Waals surface area contributed by atoms with Crippen molar-refractivity contribution in [1.29, 1.82) is 0 Å². The lowest BCUT2D eigenvalue weighted by Crippen LogP contribution is -2.71. The monoisotopic (exact) mass is 470 g/mol. The van der Waals surface area contributed by atoms with E-state index in [0.717, 1.165) is 55.5 Å². The maximum Gasteiger partial charge on any atom is 0.222 e. The third-order valence-corrected chi connectivity index (χ3v) is 12.7. The first-order valence-corrected chi connectivity index (χ1v) is 15.4. The molecule has 1 heterocycles. The summed E-state index contributed by atoms with van der Waals surface area (Å²) in [6, 6.07) is 0. The summed E-state index contributed by atoms with van der Waals surface area (Å²) < 4.78 is 0. The molecule has 194 valence electrons. The Morgan fingerprint density at radius 3 is 2.44 bits per heavy atom. The molecule has 0 bridgehead atoms. The standard InChI is InChI=1S/C31H54N2O/c1-4-23-22-27-26-16-15-24(12-6-5-7-14-28(34)33-20-10-11-21-33)29(26,2)18-19-31(27,32)30(3)17-9-8-13-25(23)30/h23-27H,4-22,32H2,1-3H3/t23-,24?,25-,26?,27-,29+,30-,31+/m0/s1. The Morgan fingerprint density at radius 2 is 1.68 bits per heavy atom. The van der Waals surface area contributed by atoms with Crippen LogP contribution in [0.25, 0.3) is 0 Å². The SMILES string of the molecule is CC[C@H]1C[C@H]2C3CCC(CCCCCC(=O)N4CCCC4)[C@@]3(C)CC[C@]2(N)[C@@]2(C)CCCC[C@@H]12. The Balaban J connectivity index is 1.20. The molecule has 5 rings (SSSR count). The van der Waals surface area contributed by atoms with Crippen LogP contribution in [0.15, 0.2) is 0 Å². The zero-order valence-corrected chi connectivity index (χ0v) is 22.8. The average Bonchev–Trinajstić information content (AvgIpc) is 3.48. The van der Waals surface area contributed by atoms with Gasteiger partial charge in [-0.1, -0.05) is 52.9 Å². The highest BCUT2D eigenvalue weighted by Crippen LogP contribution is 2.69. The third kappa shape index (κ3) is 3.99. The maximum atomic E-state index is 12.4.